The van der Waals surface area contributed by atoms with Gasteiger partial charge >= 0.3 is 0 Å². The van der Waals surface area contributed by atoms with E-state index in [9.17, 15) is 0 Å². The predicted octanol–water partition coefficient (Wildman–Crippen LogP) is 11.6. The third kappa shape index (κ3) is 4.32. The molecule has 0 aliphatic heterocycles. The Morgan fingerprint density at radius 3 is 1.85 bits per heavy atom. The van der Waals surface area contributed by atoms with E-state index < -0.39 is 0 Å². The molecule has 0 spiro atoms. The number of nitrogens with zero attached hydrogens (tertiary/aromatic N) is 3. The van der Waals surface area contributed by atoms with Gasteiger partial charge in [-0.2, -0.15) is 0 Å². The summed E-state index contributed by atoms with van der Waals surface area (Å²) in [6, 6.07) is 51.6. The van der Waals surface area contributed by atoms with Crippen LogP contribution in [0.15, 0.2) is 150 Å². The zero-order valence-electron chi connectivity index (χ0n) is 26.1. The normalized spacial score (nSPS) is 13.2. The van der Waals surface area contributed by atoms with Crippen molar-refractivity contribution in [2.45, 2.75) is 19.3 Å². The molecule has 0 amide bonds. The van der Waals surface area contributed by atoms with Crippen LogP contribution in [0.3, 0.4) is 0 Å². The minimum Gasteiger partial charge on any atom is -0.307 e. The van der Waals surface area contributed by atoms with Crippen LogP contribution >= 0.6 is 15.9 Å². The second-order valence-electron chi connectivity index (χ2n) is 12.8. The number of hydrogen-bond donors (Lipinski definition) is 0. The van der Waals surface area contributed by atoms with Crippen LogP contribution in [0, 0.1) is 0 Å². The molecule has 9 rings (SSSR count). The van der Waals surface area contributed by atoms with E-state index in [1.54, 1.807) is 0 Å². The molecule has 0 saturated heterocycles. The van der Waals surface area contributed by atoms with E-state index in [2.05, 4.69) is 168 Å². The number of fused-ring (bicyclic) bond motifs is 6. The van der Waals surface area contributed by atoms with Crippen LogP contribution in [-0.2, 0) is 5.41 Å². The van der Waals surface area contributed by atoms with Crippen molar-refractivity contribution in [3.63, 3.8) is 0 Å². The average molecular weight is 669 g/mol. The van der Waals surface area contributed by atoms with Gasteiger partial charge in [0.2, 0.25) is 0 Å². The van der Waals surface area contributed by atoms with Crippen molar-refractivity contribution >= 4 is 37.7 Å². The first-order chi connectivity index (χ1) is 23.0. The predicted molar refractivity (Wildman–Crippen MR) is 198 cm³/mol. The highest BCUT2D eigenvalue weighted by Gasteiger charge is 2.36. The molecule has 8 aromatic rings. The Morgan fingerprint density at radius 2 is 1.13 bits per heavy atom. The Bertz CT molecular complexity index is 2440. The van der Waals surface area contributed by atoms with Gasteiger partial charge in [0.1, 0.15) is 0 Å². The molecule has 0 radical (unpaired) electrons. The van der Waals surface area contributed by atoms with Crippen LogP contribution in [0.2, 0.25) is 0 Å². The maximum Gasteiger partial charge on any atom is 0.162 e. The first-order valence-corrected chi connectivity index (χ1v) is 16.7. The third-order valence-electron chi connectivity index (χ3n) is 9.69. The molecular formula is C43H30BrN3. The average Bonchev–Trinajstić information content (AvgIpc) is 3.56. The molecule has 0 fully saturated rings. The summed E-state index contributed by atoms with van der Waals surface area (Å²) < 4.78 is 3.39. The maximum absolute atomic E-state index is 5.23. The molecule has 0 atom stereocenters. The Balaban J connectivity index is 1.35. The Labute approximate surface area is 282 Å². The van der Waals surface area contributed by atoms with Crippen molar-refractivity contribution in [2.75, 3.05) is 0 Å². The lowest BCUT2D eigenvalue weighted by atomic mass is 9.82. The van der Waals surface area contributed by atoms with E-state index in [0.717, 1.165) is 43.8 Å². The van der Waals surface area contributed by atoms with Crippen molar-refractivity contribution in [3.8, 4) is 50.7 Å². The van der Waals surface area contributed by atoms with Gasteiger partial charge in [0, 0.05) is 37.4 Å². The van der Waals surface area contributed by atoms with Crippen LogP contribution in [0.1, 0.15) is 25.0 Å². The van der Waals surface area contributed by atoms with Gasteiger partial charge < -0.3 is 4.57 Å². The summed E-state index contributed by atoms with van der Waals surface area (Å²) in [5, 5.41) is 2.45. The second-order valence-corrected chi connectivity index (χ2v) is 13.6. The molecule has 224 valence electrons. The van der Waals surface area contributed by atoms with Gasteiger partial charge in [-0.25, -0.2) is 9.97 Å². The van der Waals surface area contributed by atoms with Gasteiger partial charge in [0.05, 0.1) is 28.1 Å². The summed E-state index contributed by atoms with van der Waals surface area (Å²) in [5.74, 6) is 0.682. The molecule has 1 aliphatic carbocycles. The molecule has 2 aromatic heterocycles. The monoisotopic (exact) mass is 667 g/mol. The quantitative estimate of drug-likeness (QED) is 0.187. The van der Waals surface area contributed by atoms with Crippen LogP contribution in [0.25, 0.3) is 72.5 Å². The van der Waals surface area contributed by atoms with E-state index in [0.29, 0.717) is 5.82 Å². The van der Waals surface area contributed by atoms with Crippen molar-refractivity contribution in [3.05, 3.63) is 161 Å². The first kappa shape index (κ1) is 27.9. The molecular weight excluding hydrogens is 638 g/mol. The van der Waals surface area contributed by atoms with Gasteiger partial charge in [0.25, 0.3) is 0 Å². The van der Waals surface area contributed by atoms with Crippen molar-refractivity contribution < 1.29 is 0 Å². The number of para-hydroxylation sites is 2. The molecule has 0 unspecified atom stereocenters. The van der Waals surface area contributed by atoms with Gasteiger partial charge in [-0.15, -0.1) is 0 Å². The van der Waals surface area contributed by atoms with Crippen LogP contribution < -0.4 is 0 Å². The smallest absolute Gasteiger partial charge is 0.162 e. The number of halogens is 1. The summed E-state index contributed by atoms with van der Waals surface area (Å²) in [4.78, 5) is 10.5. The van der Waals surface area contributed by atoms with Gasteiger partial charge in [-0.05, 0) is 74.6 Å². The molecule has 47 heavy (non-hydrogen) atoms. The first-order valence-electron chi connectivity index (χ1n) is 16.0. The minimum atomic E-state index is -0.115. The summed E-state index contributed by atoms with van der Waals surface area (Å²) in [5.41, 5.74) is 13.4. The lowest BCUT2D eigenvalue weighted by Gasteiger charge is -2.22. The highest BCUT2D eigenvalue weighted by atomic mass is 79.9. The van der Waals surface area contributed by atoms with E-state index in [-0.39, 0.29) is 5.41 Å². The molecule has 0 bridgehead atoms. The van der Waals surface area contributed by atoms with Crippen LogP contribution in [0.5, 0.6) is 0 Å². The van der Waals surface area contributed by atoms with E-state index in [4.69, 9.17) is 9.97 Å². The molecule has 6 aromatic carbocycles. The maximum atomic E-state index is 5.23. The lowest BCUT2D eigenvalue weighted by molar-refractivity contribution is 0.661. The number of aromatic nitrogens is 3. The Hall–Kier alpha value is -5.32. The standard InChI is InChI=1S/C43H30BrN3/c1-43(2)34-21-11-9-18-29(34)32-24-33-30-19-10-12-23-39(30)47(40(33)25-35(32)43)41-31(20-13-22-36(41)44)42-45-37(27-14-5-3-6-15-27)26-38(46-42)28-16-7-4-8-17-28/h3-26H,1-2H3. The van der Waals surface area contributed by atoms with E-state index in [1.807, 2.05) is 12.1 Å². The fourth-order valence-electron chi connectivity index (χ4n) is 7.41. The summed E-state index contributed by atoms with van der Waals surface area (Å²) in [6.45, 7) is 4.68. The molecule has 4 heteroatoms. The second kappa shape index (κ2) is 10.6. The van der Waals surface area contributed by atoms with Crippen molar-refractivity contribution in [1.29, 1.82) is 0 Å². The van der Waals surface area contributed by atoms with Crippen LogP contribution in [-0.4, -0.2) is 14.5 Å². The number of rotatable bonds is 4. The van der Waals surface area contributed by atoms with E-state index in [1.165, 1.54) is 38.5 Å². The molecule has 0 saturated carbocycles. The Kier molecular flexibility index (Phi) is 6.31. The molecule has 0 N–H and O–H groups in total. The number of benzene rings is 6. The van der Waals surface area contributed by atoms with Gasteiger partial charge in [-0.3, -0.25) is 0 Å². The van der Waals surface area contributed by atoms with Crippen molar-refractivity contribution in [2.24, 2.45) is 0 Å². The summed E-state index contributed by atoms with van der Waals surface area (Å²) in [7, 11) is 0. The van der Waals surface area contributed by atoms with Gasteiger partial charge in [-0.1, -0.05) is 123 Å². The third-order valence-corrected chi connectivity index (χ3v) is 10.3. The van der Waals surface area contributed by atoms with Crippen molar-refractivity contribution in [1.82, 2.24) is 14.5 Å². The SMILES string of the molecule is CC1(C)c2ccccc2-c2cc3c4ccccc4n(-c4c(Br)cccc4-c4nc(-c5ccccc5)cc(-c5ccccc5)n4)c3cc21. The zero-order valence-corrected chi connectivity index (χ0v) is 27.7. The van der Waals surface area contributed by atoms with E-state index >= 15 is 0 Å². The highest BCUT2D eigenvalue weighted by molar-refractivity contribution is 9.10. The summed E-state index contributed by atoms with van der Waals surface area (Å²) in [6.07, 6.45) is 0. The van der Waals surface area contributed by atoms with Crippen LogP contribution in [0.4, 0.5) is 0 Å². The highest BCUT2D eigenvalue weighted by Crippen LogP contribution is 2.51. The number of hydrogen-bond acceptors (Lipinski definition) is 2. The minimum absolute atomic E-state index is 0.115. The lowest BCUT2D eigenvalue weighted by Crippen LogP contribution is -2.15. The fourth-order valence-corrected chi connectivity index (χ4v) is 7.95. The zero-order chi connectivity index (χ0) is 31.7. The summed E-state index contributed by atoms with van der Waals surface area (Å²) >= 11 is 4.00. The fraction of sp³-hybridized carbons (Fsp3) is 0.0698. The topological polar surface area (TPSA) is 30.7 Å². The largest absolute Gasteiger partial charge is 0.307 e. The molecule has 3 nitrogen and oxygen atoms in total. The molecule has 2 heterocycles. The molecule has 1 aliphatic rings. The van der Waals surface area contributed by atoms with Gasteiger partial charge in [0.15, 0.2) is 5.82 Å². The Morgan fingerprint density at radius 1 is 0.511 bits per heavy atom.